The Bertz CT molecular complexity index is 921. The number of ether oxygens (including phenoxy) is 3. The summed E-state index contributed by atoms with van der Waals surface area (Å²) in [7, 11) is 1.56. The molecule has 9 heteroatoms. The van der Waals surface area contributed by atoms with Crippen molar-refractivity contribution in [1.29, 1.82) is 0 Å². The van der Waals surface area contributed by atoms with Crippen LogP contribution in [-0.2, 0) is 32.0 Å². The van der Waals surface area contributed by atoms with Gasteiger partial charge in [-0.25, -0.2) is 4.79 Å². The van der Waals surface area contributed by atoms with Crippen molar-refractivity contribution in [1.82, 2.24) is 4.57 Å². The Morgan fingerprint density at radius 3 is 2.43 bits per heavy atom. The molecule has 0 aliphatic carbocycles. The van der Waals surface area contributed by atoms with Crippen molar-refractivity contribution in [2.24, 2.45) is 0 Å². The second kappa shape index (κ2) is 12.1. The van der Waals surface area contributed by atoms with Gasteiger partial charge in [0.1, 0.15) is 5.56 Å². The number of aromatic carboxylic acids is 1. The van der Waals surface area contributed by atoms with Gasteiger partial charge in [0.15, 0.2) is 0 Å². The van der Waals surface area contributed by atoms with E-state index >= 15 is 0 Å². The fourth-order valence-electron chi connectivity index (χ4n) is 2.99. The molecule has 0 aliphatic heterocycles. The molecule has 2 N–H and O–H groups in total. The molecule has 0 spiro atoms. The Morgan fingerprint density at radius 2 is 1.77 bits per heavy atom. The van der Waals surface area contributed by atoms with E-state index in [1.807, 2.05) is 12.1 Å². The van der Waals surface area contributed by atoms with Crippen molar-refractivity contribution in [2.75, 3.05) is 40.1 Å². The zero-order valence-electron chi connectivity index (χ0n) is 17.0. The van der Waals surface area contributed by atoms with Crippen molar-refractivity contribution in [2.45, 2.75) is 25.8 Å². The molecule has 0 atom stereocenters. The maximum absolute atomic E-state index is 12.6. The van der Waals surface area contributed by atoms with Crippen LogP contribution in [0.25, 0.3) is 10.9 Å². The second-order valence-corrected chi connectivity index (χ2v) is 6.69. The van der Waals surface area contributed by atoms with Crippen molar-refractivity contribution in [3.63, 3.8) is 0 Å². The van der Waals surface area contributed by atoms with Crippen LogP contribution in [0.2, 0.25) is 0 Å². The number of aromatic nitrogens is 1. The van der Waals surface area contributed by atoms with Crippen LogP contribution in [-0.4, -0.2) is 66.9 Å². The van der Waals surface area contributed by atoms with Crippen LogP contribution in [0.5, 0.6) is 0 Å². The molecule has 1 aromatic heterocycles. The first kappa shape index (κ1) is 23.5. The molecule has 164 valence electrons. The topological polar surface area (TPSA) is 124 Å². The molecule has 0 saturated carbocycles. The molecule has 2 aromatic rings. The monoisotopic (exact) mass is 421 g/mol. The van der Waals surface area contributed by atoms with Gasteiger partial charge in [-0.3, -0.25) is 9.59 Å². The highest BCUT2D eigenvalue weighted by molar-refractivity contribution is 5.92. The number of aliphatic carboxylic acids is 1. The van der Waals surface area contributed by atoms with Crippen molar-refractivity contribution in [3.8, 4) is 0 Å². The fraction of sp³-hybridized carbons (Fsp3) is 0.476. The highest BCUT2D eigenvalue weighted by atomic mass is 16.5. The van der Waals surface area contributed by atoms with E-state index in [-0.39, 0.29) is 18.6 Å². The normalized spacial score (nSPS) is 11.1. The van der Waals surface area contributed by atoms with Crippen LogP contribution < -0.4 is 5.43 Å². The number of carbonyl (C=O) groups is 2. The summed E-state index contributed by atoms with van der Waals surface area (Å²) in [6, 6.07) is 5.48. The van der Waals surface area contributed by atoms with Gasteiger partial charge in [0.25, 0.3) is 0 Å². The number of methoxy groups -OCH3 is 1. The lowest BCUT2D eigenvalue weighted by molar-refractivity contribution is -0.138. The second-order valence-electron chi connectivity index (χ2n) is 6.69. The van der Waals surface area contributed by atoms with E-state index < -0.39 is 17.4 Å². The number of benzene rings is 1. The number of nitrogens with zero attached hydrogens (tertiary/aromatic N) is 1. The van der Waals surface area contributed by atoms with Crippen LogP contribution in [0.3, 0.4) is 0 Å². The van der Waals surface area contributed by atoms with Crippen LogP contribution >= 0.6 is 0 Å². The summed E-state index contributed by atoms with van der Waals surface area (Å²) in [5.41, 5.74) is 0.826. The van der Waals surface area contributed by atoms with Gasteiger partial charge in [-0.1, -0.05) is 6.07 Å². The molecule has 0 saturated heterocycles. The number of fused-ring (bicyclic) bond motifs is 1. The van der Waals surface area contributed by atoms with Gasteiger partial charge in [0, 0.05) is 31.8 Å². The van der Waals surface area contributed by atoms with Gasteiger partial charge in [0.2, 0.25) is 5.43 Å². The Balaban J connectivity index is 1.95. The van der Waals surface area contributed by atoms with Gasteiger partial charge in [-0.2, -0.15) is 0 Å². The van der Waals surface area contributed by atoms with E-state index in [1.165, 1.54) is 6.20 Å². The first-order chi connectivity index (χ1) is 14.4. The summed E-state index contributed by atoms with van der Waals surface area (Å²) >= 11 is 0. The molecule has 0 fully saturated rings. The van der Waals surface area contributed by atoms with Gasteiger partial charge >= 0.3 is 11.9 Å². The average Bonchev–Trinajstić information content (AvgIpc) is 2.71. The van der Waals surface area contributed by atoms with Crippen LogP contribution in [0, 0.1) is 0 Å². The Labute approximate surface area is 173 Å². The van der Waals surface area contributed by atoms with Gasteiger partial charge < -0.3 is 29.0 Å². The lowest BCUT2D eigenvalue weighted by Crippen LogP contribution is -2.20. The molecule has 30 heavy (non-hydrogen) atoms. The van der Waals surface area contributed by atoms with Crippen LogP contribution in [0.1, 0.15) is 28.8 Å². The maximum atomic E-state index is 12.6. The third kappa shape index (κ3) is 6.94. The minimum Gasteiger partial charge on any atom is -0.481 e. The van der Waals surface area contributed by atoms with Gasteiger partial charge in [-0.15, -0.1) is 0 Å². The Morgan fingerprint density at radius 1 is 1.03 bits per heavy atom. The molecule has 1 heterocycles. The summed E-state index contributed by atoms with van der Waals surface area (Å²) in [4.78, 5) is 34.4. The number of carboxylic acid groups (broad SMARTS) is 2. The lowest BCUT2D eigenvalue weighted by atomic mass is 10.0. The van der Waals surface area contributed by atoms with Crippen molar-refractivity contribution in [3.05, 3.63) is 45.7 Å². The molecule has 0 amide bonds. The number of pyridine rings is 1. The Kier molecular flexibility index (Phi) is 9.46. The van der Waals surface area contributed by atoms with E-state index in [2.05, 4.69) is 0 Å². The third-order valence-corrected chi connectivity index (χ3v) is 4.50. The number of hydrogen-bond donors (Lipinski definition) is 2. The largest absolute Gasteiger partial charge is 0.481 e. The van der Waals surface area contributed by atoms with E-state index in [1.54, 1.807) is 17.7 Å². The SMILES string of the molecule is COCCn1cc(C(=O)O)c(=O)c2cc(CCCOCCOCCC(=O)O)ccc21. The highest BCUT2D eigenvalue weighted by Crippen LogP contribution is 2.16. The molecule has 0 radical (unpaired) electrons. The minimum atomic E-state index is -1.25. The molecule has 0 aliphatic rings. The Hall–Kier alpha value is -2.75. The molecule has 2 rings (SSSR count). The zero-order chi connectivity index (χ0) is 21.9. The quantitative estimate of drug-likeness (QED) is 0.443. The molecular weight excluding hydrogens is 394 g/mol. The number of rotatable bonds is 14. The molecular formula is C21H27NO8. The molecule has 0 bridgehead atoms. The molecule has 9 nitrogen and oxygen atoms in total. The average molecular weight is 421 g/mol. The van der Waals surface area contributed by atoms with E-state index in [9.17, 15) is 19.5 Å². The maximum Gasteiger partial charge on any atom is 0.341 e. The number of aryl methyl sites for hydroxylation is 1. The smallest absolute Gasteiger partial charge is 0.341 e. The van der Waals surface area contributed by atoms with E-state index in [4.69, 9.17) is 19.3 Å². The lowest BCUT2D eigenvalue weighted by Gasteiger charge is -2.13. The zero-order valence-corrected chi connectivity index (χ0v) is 17.0. The van der Waals surface area contributed by atoms with Crippen LogP contribution in [0.4, 0.5) is 0 Å². The first-order valence-corrected chi connectivity index (χ1v) is 9.69. The molecule has 0 unspecified atom stereocenters. The van der Waals surface area contributed by atoms with E-state index in [0.29, 0.717) is 50.3 Å². The summed E-state index contributed by atoms with van der Waals surface area (Å²) in [5.74, 6) is -2.15. The van der Waals surface area contributed by atoms with E-state index in [0.717, 1.165) is 12.0 Å². The first-order valence-electron chi connectivity index (χ1n) is 9.69. The summed E-state index contributed by atoms with van der Waals surface area (Å²) in [6.45, 7) is 2.21. The summed E-state index contributed by atoms with van der Waals surface area (Å²) in [6.07, 6.45) is 2.72. The number of carboxylic acids is 2. The van der Waals surface area contributed by atoms with Gasteiger partial charge in [0.05, 0.1) is 38.4 Å². The van der Waals surface area contributed by atoms with Crippen molar-refractivity contribution < 1.29 is 34.0 Å². The fourth-order valence-corrected chi connectivity index (χ4v) is 2.99. The molecule has 1 aromatic carbocycles. The minimum absolute atomic E-state index is 0.0290. The predicted molar refractivity (Wildman–Crippen MR) is 109 cm³/mol. The van der Waals surface area contributed by atoms with Crippen LogP contribution in [0.15, 0.2) is 29.2 Å². The third-order valence-electron chi connectivity index (χ3n) is 4.50. The predicted octanol–water partition coefficient (Wildman–Crippen LogP) is 1.79. The highest BCUT2D eigenvalue weighted by Gasteiger charge is 2.15. The summed E-state index contributed by atoms with van der Waals surface area (Å²) in [5, 5.41) is 18.2. The van der Waals surface area contributed by atoms with Gasteiger partial charge in [-0.05, 0) is 30.5 Å². The van der Waals surface area contributed by atoms with Crippen molar-refractivity contribution >= 4 is 22.8 Å². The standard InChI is InChI=1S/C21H27NO8/c1-28-10-7-22-14-17(21(26)27)20(25)16-13-15(4-5-18(16)22)3-2-8-29-11-12-30-9-6-19(23)24/h4-5,13-14H,2-3,6-12H2,1H3,(H,23,24)(H,26,27). The number of hydrogen-bond acceptors (Lipinski definition) is 6. The summed E-state index contributed by atoms with van der Waals surface area (Å²) < 4.78 is 17.4.